The van der Waals surface area contributed by atoms with Crippen LogP contribution >= 0.6 is 0 Å². The van der Waals surface area contributed by atoms with E-state index >= 15 is 0 Å². The van der Waals surface area contributed by atoms with Crippen LogP contribution < -0.4 is 10.6 Å². The average Bonchev–Trinajstić information content (AvgIpc) is 3.19. The largest absolute Gasteiger partial charge is 0.341 e. The number of nitrogens with zero attached hydrogens (tertiary/aromatic N) is 2. The van der Waals surface area contributed by atoms with Crippen LogP contribution in [0.3, 0.4) is 0 Å². The van der Waals surface area contributed by atoms with Gasteiger partial charge in [-0.1, -0.05) is 24.3 Å². The highest BCUT2D eigenvalue weighted by molar-refractivity contribution is 6.05. The predicted molar refractivity (Wildman–Crippen MR) is 92.5 cm³/mol. The zero-order valence-corrected chi connectivity index (χ0v) is 14.5. The Hall–Kier alpha value is -2.41. The van der Waals surface area contributed by atoms with E-state index in [1.165, 1.54) is 18.4 Å². The summed E-state index contributed by atoms with van der Waals surface area (Å²) < 4.78 is 0. The number of likely N-dealkylation sites (tertiary alicyclic amines) is 1. The number of rotatable bonds is 6. The third-order valence-electron chi connectivity index (χ3n) is 4.78. The third kappa shape index (κ3) is 4.36. The fourth-order valence-electron chi connectivity index (χ4n) is 3.32. The van der Waals surface area contributed by atoms with Crippen molar-refractivity contribution in [3.05, 3.63) is 35.4 Å². The molecule has 0 bridgehead atoms. The van der Waals surface area contributed by atoms with Gasteiger partial charge < -0.3 is 10.2 Å². The van der Waals surface area contributed by atoms with E-state index in [4.69, 9.17) is 0 Å². The zero-order valence-electron chi connectivity index (χ0n) is 14.5. The van der Waals surface area contributed by atoms with Crippen LogP contribution in [0.2, 0.25) is 0 Å². The normalized spacial score (nSPS) is 20.4. The minimum atomic E-state index is -0.776. The maximum atomic E-state index is 12.4. The molecular formula is C18H24N4O3. The van der Waals surface area contributed by atoms with Crippen molar-refractivity contribution in [2.45, 2.75) is 38.4 Å². The van der Waals surface area contributed by atoms with Gasteiger partial charge in [-0.25, -0.2) is 4.79 Å². The number of carbonyl (C=O) groups is 3. The van der Waals surface area contributed by atoms with E-state index in [1.54, 1.807) is 11.9 Å². The van der Waals surface area contributed by atoms with Gasteiger partial charge in [-0.15, -0.1) is 0 Å². The lowest BCUT2D eigenvalue weighted by Crippen LogP contribution is -2.37. The maximum Gasteiger partial charge on any atom is 0.322 e. The van der Waals surface area contributed by atoms with Crippen LogP contribution in [0, 0.1) is 0 Å². The van der Waals surface area contributed by atoms with Crippen LogP contribution in [0.5, 0.6) is 0 Å². The van der Waals surface area contributed by atoms with Crippen molar-refractivity contribution >= 4 is 17.8 Å². The van der Waals surface area contributed by atoms with Gasteiger partial charge in [-0.2, -0.15) is 0 Å². The molecule has 3 rings (SSSR count). The second-order valence-corrected chi connectivity index (χ2v) is 6.72. The van der Waals surface area contributed by atoms with Crippen molar-refractivity contribution in [1.82, 2.24) is 20.4 Å². The highest BCUT2D eigenvalue weighted by Crippen LogP contribution is 2.17. The van der Waals surface area contributed by atoms with Crippen molar-refractivity contribution in [3.8, 4) is 0 Å². The summed E-state index contributed by atoms with van der Waals surface area (Å²) in [6, 6.07) is 6.83. The first-order chi connectivity index (χ1) is 12.0. The molecule has 1 aromatic carbocycles. The molecule has 0 spiro atoms. The highest BCUT2D eigenvalue weighted by Gasteiger charge is 2.32. The molecule has 4 amide bonds. The van der Waals surface area contributed by atoms with Crippen molar-refractivity contribution in [2.75, 3.05) is 20.1 Å². The number of urea groups is 1. The summed E-state index contributed by atoms with van der Waals surface area (Å²) >= 11 is 0. The Morgan fingerprint density at radius 3 is 2.52 bits per heavy atom. The smallest absolute Gasteiger partial charge is 0.322 e. The summed E-state index contributed by atoms with van der Waals surface area (Å²) in [5.41, 5.74) is 2.35. The van der Waals surface area contributed by atoms with E-state index in [0.717, 1.165) is 25.2 Å². The summed E-state index contributed by atoms with van der Waals surface area (Å²) in [5, 5.41) is 4.60. The van der Waals surface area contributed by atoms with Gasteiger partial charge in [0.05, 0.1) is 6.42 Å². The van der Waals surface area contributed by atoms with E-state index in [2.05, 4.69) is 21.6 Å². The number of hydrogen-bond donors (Lipinski definition) is 2. The fraction of sp³-hybridized carbons (Fsp3) is 0.500. The summed E-state index contributed by atoms with van der Waals surface area (Å²) in [7, 11) is 1.73. The number of carbonyl (C=O) groups excluding carboxylic acids is 3. The van der Waals surface area contributed by atoms with Gasteiger partial charge in [0, 0.05) is 20.1 Å². The third-order valence-corrected chi connectivity index (χ3v) is 4.78. The molecule has 0 saturated carbocycles. The van der Waals surface area contributed by atoms with Crippen molar-refractivity contribution in [3.63, 3.8) is 0 Å². The van der Waals surface area contributed by atoms with Crippen LogP contribution in [-0.2, 0) is 22.7 Å². The predicted octanol–water partition coefficient (Wildman–Crippen LogP) is 0.839. The van der Waals surface area contributed by atoms with Crippen LogP contribution in [0.4, 0.5) is 4.79 Å². The van der Waals surface area contributed by atoms with E-state index in [-0.39, 0.29) is 12.3 Å². The molecular weight excluding hydrogens is 320 g/mol. The Labute approximate surface area is 147 Å². The molecule has 25 heavy (non-hydrogen) atoms. The molecule has 7 nitrogen and oxygen atoms in total. The lowest BCUT2D eigenvalue weighted by atomic mass is 10.1. The molecule has 2 N–H and O–H groups in total. The van der Waals surface area contributed by atoms with Crippen LogP contribution in [0.1, 0.15) is 30.4 Å². The van der Waals surface area contributed by atoms with Gasteiger partial charge in [-0.3, -0.25) is 19.8 Å². The second-order valence-electron chi connectivity index (χ2n) is 6.72. The quantitative estimate of drug-likeness (QED) is 0.749. The highest BCUT2D eigenvalue weighted by atomic mass is 16.2. The summed E-state index contributed by atoms with van der Waals surface area (Å²) in [5.74, 6) is -0.612. The second kappa shape index (κ2) is 7.65. The van der Waals surface area contributed by atoms with Crippen LogP contribution in [0.15, 0.2) is 24.3 Å². The lowest BCUT2D eigenvalue weighted by molar-refractivity contribution is -0.133. The van der Waals surface area contributed by atoms with Crippen LogP contribution in [0.25, 0.3) is 0 Å². The Morgan fingerprint density at radius 1 is 1.20 bits per heavy atom. The molecule has 0 unspecified atom stereocenters. The van der Waals surface area contributed by atoms with Gasteiger partial charge in [-0.05, 0) is 37.1 Å². The Balaban J connectivity index is 1.60. The summed E-state index contributed by atoms with van der Waals surface area (Å²) in [6.07, 6.45) is 2.47. The first kappa shape index (κ1) is 17.4. The Morgan fingerprint density at radius 2 is 1.88 bits per heavy atom. The maximum absolute atomic E-state index is 12.4. The Kier molecular flexibility index (Phi) is 5.33. The molecule has 1 aromatic rings. The first-order valence-corrected chi connectivity index (χ1v) is 8.67. The van der Waals surface area contributed by atoms with Gasteiger partial charge in [0.2, 0.25) is 5.91 Å². The molecule has 0 radical (unpaired) electrons. The van der Waals surface area contributed by atoms with Gasteiger partial charge in [0.15, 0.2) is 0 Å². The molecule has 1 atom stereocenters. The van der Waals surface area contributed by atoms with Crippen molar-refractivity contribution < 1.29 is 14.4 Å². The molecule has 2 aliphatic rings. The number of nitrogens with one attached hydrogen (secondary N) is 2. The number of imide groups is 1. The van der Waals surface area contributed by atoms with Crippen molar-refractivity contribution in [2.24, 2.45) is 0 Å². The molecule has 2 aliphatic heterocycles. The van der Waals surface area contributed by atoms with E-state index < -0.39 is 18.0 Å². The number of benzene rings is 1. The van der Waals surface area contributed by atoms with Gasteiger partial charge in [0.1, 0.15) is 6.04 Å². The van der Waals surface area contributed by atoms with Crippen LogP contribution in [-0.4, -0.2) is 53.8 Å². The van der Waals surface area contributed by atoms with E-state index in [1.807, 2.05) is 18.2 Å². The first-order valence-electron chi connectivity index (χ1n) is 8.67. The monoisotopic (exact) mass is 344 g/mol. The number of hydrogen-bond acceptors (Lipinski definition) is 4. The molecule has 0 aromatic heterocycles. The SMILES string of the molecule is CN(Cc1ccccc1CN1CCCC1)C(=O)C[C@@H]1NC(=O)NC1=O. The fourth-order valence-corrected chi connectivity index (χ4v) is 3.32. The molecule has 134 valence electrons. The summed E-state index contributed by atoms with van der Waals surface area (Å²) in [6.45, 7) is 3.64. The topological polar surface area (TPSA) is 81.8 Å². The molecule has 0 aliphatic carbocycles. The molecule has 7 heteroatoms. The lowest BCUT2D eigenvalue weighted by Gasteiger charge is -2.22. The minimum absolute atomic E-state index is 0.0254. The molecule has 2 saturated heterocycles. The van der Waals surface area contributed by atoms with E-state index in [0.29, 0.717) is 6.54 Å². The van der Waals surface area contributed by atoms with Gasteiger partial charge >= 0.3 is 6.03 Å². The van der Waals surface area contributed by atoms with E-state index in [9.17, 15) is 14.4 Å². The Bertz CT molecular complexity index is 670. The standard InChI is InChI=1S/C18H24N4O3/c1-21(16(23)10-15-17(24)20-18(25)19-15)11-13-6-2-3-7-14(13)12-22-8-4-5-9-22/h2-3,6-7,15H,4-5,8-12H2,1H3,(H2,19,20,24,25)/t15-/m0/s1. The van der Waals surface area contributed by atoms with Gasteiger partial charge in [0.25, 0.3) is 5.91 Å². The minimum Gasteiger partial charge on any atom is -0.341 e. The van der Waals surface area contributed by atoms with Crippen molar-refractivity contribution in [1.29, 1.82) is 0 Å². The number of amides is 4. The zero-order chi connectivity index (χ0) is 17.8. The molecule has 2 heterocycles. The summed E-state index contributed by atoms with van der Waals surface area (Å²) in [4.78, 5) is 39.2. The average molecular weight is 344 g/mol. The molecule has 2 fully saturated rings.